The Bertz CT molecular complexity index is 559. The van der Waals surface area contributed by atoms with E-state index in [4.69, 9.17) is 15.7 Å². The highest BCUT2D eigenvalue weighted by atomic mass is 79.9. The predicted octanol–water partition coefficient (Wildman–Crippen LogP) is 3.19. The number of nitrogens with zero attached hydrogens (tertiary/aromatic N) is 1. The molecule has 0 bridgehead atoms. The van der Waals surface area contributed by atoms with Crippen molar-refractivity contribution in [3.8, 4) is 6.07 Å². The summed E-state index contributed by atoms with van der Waals surface area (Å²) < 4.78 is 6.08. The average Bonchev–Trinajstić information content (AvgIpc) is 3.12. The number of hydrogen-bond acceptors (Lipinski definition) is 4. The summed E-state index contributed by atoms with van der Waals surface area (Å²) in [5.74, 6) is -0.380. The van der Waals surface area contributed by atoms with E-state index in [9.17, 15) is 4.79 Å². The summed E-state index contributed by atoms with van der Waals surface area (Å²) >= 11 is 3.31. The van der Waals surface area contributed by atoms with Gasteiger partial charge in [-0.3, -0.25) is 0 Å². The third kappa shape index (κ3) is 3.07. The van der Waals surface area contributed by atoms with Gasteiger partial charge < -0.3 is 10.5 Å². The molecule has 1 aromatic carbocycles. The third-order valence-corrected chi connectivity index (χ3v) is 4.01. The van der Waals surface area contributed by atoms with E-state index >= 15 is 0 Å². The summed E-state index contributed by atoms with van der Waals surface area (Å²) in [5.41, 5.74) is 7.47. The fourth-order valence-corrected chi connectivity index (χ4v) is 2.40. The van der Waals surface area contributed by atoms with Crippen LogP contribution in [0.1, 0.15) is 35.2 Å². The number of esters is 1. The van der Waals surface area contributed by atoms with Crippen molar-refractivity contribution < 1.29 is 9.53 Å². The van der Waals surface area contributed by atoms with Gasteiger partial charge in [-0.1, -0.05) is 15.9 Å². The number of nitrogens with two attached hydrogens (primary N) is 1. The molecule has 0 aliphatic heterocycles. The molecule has 19 heavy (non-hydrogen) atoms. The highest BCUT2D eigenvalue weighted by molar-refractivity contribution is 9.10. The van der Waals surface area contributed by atoms with E-state index < -0.39 is 0 Å². The van der Waals surface area contributed by atoms with E-state index in [1.165, 1.54) is 0 Å². The molecule has 0 saturated heterocycles. The van der Waals surface area contributed by atoms with Crippen molar-refractivity contribution in [1.29, 1.82) is 5.26 Å². The predicted molar refractivity (Wildman–Crippen MR) is 75.5 cm³/mol. The minimum Gasteiger partial charge on any atom is -0.461 e. The van der Waals surface area contributed by atoms with Gasteiger partial charge in [-0.2, -0.15) is 5.26 Å². The van der Waals surface area contributed by atoms with Gasteiger partial charge >= 0.3 is 5.97 Å². The Hall–Kier alpha value is -1.54. The molecule has 4 nitrogen and oxygen atoms in total. The molecule has 1 aliphatic rings. The van der Waals surface area contributed by atoms with Crippen LogP contribution in [-0.2, 0) is 4.74 Å². The number of nitriles is 1. The summed E-state index contributed by atoms with van der Waals surface area (Å²) in [5, 5.41) is 8.73. The second-order valence-corrected chi connectivity index (χ2v) is 5.99. The topological polar surface area (TPSA) is 76.1 Å². The third-order valence-electron chi connectivity index (χ3n) is 3.55. The summed E-state index contributed by atoms with van der Waals surface area (Å²) in [6, 6.07) is 5.61. The molecular weight excluding hydrogens is 308 g/mol. The molecule has 100 valence electrons. The van der Waals surface area contributed by atoms with Gasteiger partial charge in [-0.15, -0.1) is 0 Å². The van der Waals surface area contributed by atoms with Crippen LogP contribution in [0.15, 0.2) is 16.6 Å². The molecule has 0 amide bonds. The monoisotopic (exact) mass is 322 g/mol. The molecule has 2 N–H and O–H groups in total. The Morgan fingerprint density at radius 2 is 2.26 bits per heavy atom. The molecule has 0 spiro atoms. The van der Waals surface area contributed by atoms with E-state index in [0.29, 0.717) is 24.3 Å². The summed E-state index contributed by atoms with van der Waals surface area (Å²) in [6.07, 6.45) is 2.35. The van der Waals surface area contributed by atoms with Crippen LogP contribution < -0.4 is 5.73 Å². The Labute approximate surface area is 120 Å². The van der Waals surface area contributed by atoms with Crippen LogP contribution in [0.3, 0.4) is 0 Å². The smallest absolute Gasteiger partial charge is 0.338 e. The van der Waals surface area contributed by atoms with Crippen LogP contribution in [0.2, 0.25) is 0 Å². The highest BCUT2D eigenvalue weighted by Gasteiger charge is 2.43. The van der Waals surface area contributed by atoms with Gasteiger partial charge in [0.05, 0.1) is 18.2 Å². The second-order valence-electron chi connectivity index (χ2n) is 5.08. The molecule has 0 unspecified atom stereocenters. The largest absolute Gasteiger partial charge is 0.461 e. The maximum atomic E-state index is 12.1. The minimum atomic E-state index is -0.380. The van der Waals surface area contributed by atoms with Crippen LogP contribution in [0.25, 0.3) is 0 Å². The summed E-state index contributed by atoms with van der Waals surface area (Å²) in [6.45, 7) is 2.10. The van der Waals surface area contributed by atoms with Gasteiger partial charge in [-0.05, 0) is 37.5 Å². The Morgan fingerprint density at radius 1 is 1.58 bits per heavy atom. The van der Waals surface area contributed by atoms with Gasteiger partial charge in [0.1, 0.15) is 0 Å². The number of benzene rings is 1. The number of halogens is 1. The van der Waals surface area contributed by atoms with Crippen molar-refractivity contribution >= 4 is 27.6 Å². The van der Waals surface area contributed by atoms with Crippen molar-refractivity contribution in [3.05, 3.63) is 27.7 Å². The molecule has 1 aromatic rings. The van der Waals surface area contributed by atoms with Gasteiger partial charge in [0.25, 0.3) is 0 Å². The maximum absolute atomic E-state index is 12.1. The lowest BCUT2D eigenvalue weighted by atomic mass is 10.0. The molecule has 1 fully saturated rings. The molecule has 1 aliphatic carbocycles. The molecule has 0 heterocycles. The lowest BCUT2D eigenvalue weighted by molar-refractivity contribution is 0.0418. The molecule has 0 atom stereocenters. The van der Waals surface area contributed by atoms with Gasteiger partial charge in [0.2, 0.25) is 0 Å². The zero-order chi connectivity index (χ0) is 14.0. The van der Waals surface area contributed by atoms with Crippen molar-refractivity contribution in [2.45, 2.75) is 26.2 Å². The molecule has 0 aromatic heterocycles. The Kier molecular flexibility index (Phi) is 3.81. The first-order valence-electron chi connectivity index (χ1n) is 6.07. The molecule has 5 heteroatoms. The highest BCUT2D eigenvalue weighted by Crippen LogP contribution is 2.48. The van der Waals surface area contributed by atoms with E-state index in [-0.39, 0.29) is 11.4 Å². The summed E-state index contributed by atoms with van der Waals surface area (Å²) in [4.78, 5) is 12.1. The Balaban J connectivity index is 2.07. The van der Waals surface area contributed by atoms with Gasteiger partial charge in [-0.25, -0.2) is 4.79 Å². The lowest BCUT2D eigenvalue weighted by Crippen LogP contribution is -2.16. The quantitative estimate of drug-likeness (QED) is 0.682. The number of nitrogen functional groups attached to an aromatic ring is 1. The van der Waals surface area contributed by atoms with E-state index in [1.54, 1.807) is 19.1 Å². The first-order chi connectivity index (χ1) is 8.97. The summed E-state index contributed by atoms with van der Waals surface area (Å²) in [7, 11) is 0. The minimum absolute atomic E-state index is 0.101. The van der Waals surface area contributed by atoms with Crippen LogP contribution >= 0.6 is 15.9 Å². The van der Waals surface area contributed by atoms with Crippen molar-refractivity contribution in [2.24, 2.45) is 5.41 Å². The van der Waals surface area contributed by atoms with Crippen molar-refractivity contribution in [1.82, 2.24) is 0 Å². The number of hydrogen-bond donors (Lipinski definition) is 1. The number of ether oxygens (including phenoxy) is 1. The fraction of sp³-hybridized carbons (Fsp3) is 0.429. The van der Waals surface area contributed by atoms with Crippen LogP contribution in [0.5, 0.6) is 0 Å². The zero-order valence-corrected chi connectivity index (χ0v) is 12.3. The second kappa shape index (κ2) is 5.22. The number of carbonyl (C=O) groups excluding carboxylic acids is 1. The normalized spacial score (nSPS) is 15.6. The molecule has 0 radical (unpaired) electrons. The van der Waals surface area contributed by atoms with Crippen molar-refractivity contribution in [3.63, 3.8) is 0 Å². The average molecular weight is 323 g/mol. The number of anilines is 1. The molecular formula is C14H15BrN2O2. The fourth-order valence-electron chi connectivity index (χ4n) is 1.93. The zero-order valence-electron chi connectivity index (χ0n) is 10.7. The van der Waals surface area contributed by atoms with Crippen LogP contribution in [0, 0.1) is 23.7 Å². The number of carbonyl (C=O) groups is 1. The van der Waals surface area contributed by atoms with E-state index in [0.717, 1.165) is 22.9 Å². The van der Waals surface area contributed by atoms with Crippen LogP contribution in [0.4, 0.5) is 5.69 Å². The van der Waals surface area contributed by atoms with Gasteiger partial charge in [0, 0.05) is 22.0 Å². The van der Waals surface area contributed by atoms with Gasteiger partial charge in [0.15, 0.2) is 0 Å². The lowest BCUT2D eigenvalue weighted by Gasteiger charge is -2.13. The Morgan fingerprint density at radius 3 is 2.84 bits per heavy atom. The maximum Gasteiger partial charge on any atom is 0.338 e. The van der Waals surface area contributed by atoms with E-state index in [2.05, 4.69) is 22.0 Å². The number of rotatable bonds is 4. The standard InChI is InChI=1S/C14H15BrN2O2/c1-9-11(6-10(15)7-12(9)17)13(18)19-8-14(2-3-14)4-5-16/h6-7H,2-4,8,17H2,1H3. The van der Waals surface area contributed by atoms with Crippen LogP contribution in [-0.4, -0.2) is 12.6 Å². The molecule has 2 rings (SSSR count). The van der Waals surface area contributed by atoms with E-state index in [1.807, 2.05) is 0 Å². The first-order valence-corrected chi connectivity index (χ1v) is 6.86. The van der Waals surface area contributed by atoms with Crippen molar-refractivity contribution in [2.75, 3.05) is 12.3 Å². The first kappa shape index (κ1) is 13.9. The SMILES string of the molecule is Cc1c(N)cc(Br)cc1C(=O)OCC1(CC#N)CC1. The molecule has 1 saturated carbocycles.